The summed E-state index contributed by atoms with van der Waals surface area (Å²) >= 11 is 6.52. The Balaban J connectivity index is 1.66. The molecule has 3 heteroatoms. The molecule has 2 nitrogen and oxygen atoms in total. The molecule has 110 valence electrons. The molecule has 1 heterocycles. The Kier molecular flexibility index (Phi) is 4.47. The van der Waals surface area contributed by atoms with Gasteiger partial charge >= 0.3 is 0 Å². The van der Waals surface area contributed by atoms with Gasteiger partial charge in [-0.3, -0.25) is 0 Å². The molecule has 3 atom stereocenters. The minimum absolute atomic E-state index is 0.0966. The first-order valence-corrected chi connectivity index (χ1v) is 7.78. The van der Waals surface area contributed by atoms with Gasteiger partial charge in [0, 0.05) is 0 Å². The second-order valence-electron chi connectivity index (χ2n) is 5.45. The van der Waals surface area contributed by atoms with Crippen molar-refractivity contribution in [3.05, 3.63) is 60.2 Å². The molecule has 0 radical (unpaired) electrons. The molecule has 0 amide bonds. The fourth-order valence-electron chi connectivity index (χ4n) is 2.61. The predicted octanol–water partition coefficient (Wildman–Crippen LogP) is 5.33. The number of ether oxygens (including phenoxy) is 2. The summed E-state index contributed by atoms with van der Waals surface area (Å²) in [5.74, 6) is 1.65. The SMILES string of the molecule is CC1CCC(C(Cl)c2ccc(Oc3ccccc3)cc2)O1. The van der Waals surface area contributed by atoms with Gasteiger partial charge in [-0.05, 0) is 49.6 Å². The van der Waals surface area contributed by atoms with Crippen LogP contribution in [-0.4, -0.2) is 12.2 Å². The molecule has 2 aromatic carbocycles. The Labute approximate surface area is 130 Å². The van der Waals surface area contributed by atoms with Crippen LogP contribution in [0.25, 0.3) is 0 Å². The van der Waals surface area contributed by atoms with Crippen molar-refractivity contribution >= 4 is 11.6 Å². The third-order valence-corrected chi connectivity index (χ3v) is 4.30. The molecule has 0 N–H and O–H groups in total. The summed E-state index contributed by atoms with van der Waals surface area (Å²) in [6.07, 6.45) is 2.54. The van der Waals surface area contributed by atoms with E-state index in [0.29, 0.717) is 6.10 Å². The molecule has 2 aromatic rings. The highest BCUT2D eigenvalue weighted by atomic mass is 35.5. The van der Waals surface area contributed by atoms with Crippen molar-refractivity contribution < 1.29 is 9.47 Å². The lowest BCUT2D eigenvalue weighted by atomic mass is 10.0. The number of hydrogen-bond donors (Lipinski definition) is 0. The Morgan fingerprint density at radius 3 is 2.29 bits per heavy atom. The average Bonchev–Trinajstić information content (AvgIpc) is 2.95. The zero-order chi connectivity index (χ0) is 14.7. The van der Waals surface area contributed by atoms with Crippen LogP contribution in [0.5, 0.6) is 11.5 Å². The number of benzene rings is 2. The standard InChI is InChI=1S/C18H19ClO2/c1-13-7-12-17(20-13)18(19)14-8-10-16(11-9-14)21-15-5-3-2-4-6-15/h2-6,8-11,13,17-18H,7,12H2,1H3. The van der Waals surface area contributed by atoms with Crippen molar-refractivity contribution in [2.45, 2.75) is 37.4 Å². The highest BCUT2D eigenvalue weighted by Crippen LogP contribution is 2.35. The van der Waals surface area contributed by atoms with Gasteiger partial charge < -0.3 is 9.47 Å². The van der Waals surface area contributed by atoms with Gasteiger partial charge in [-0.25, -0.2) is 0 Å². The van der Waals surface area contributed by atoms with Crippen molar-refractivity contribution in [1.82, 2.24) is 0 Å². The van der Waals surface area contributed by atoms with Crippen LogP contribution in [0.3, 0.4) is 0 Å². The van der Waals surface area contributed by atoms with E-state index in [9.17, 15) is 0 Å². The zero-order valence-electron chi connectivity index (χ0n) is 12.0. The maximum absolute atomic E-state index is 6.52. The molecule has 21 heavy (non-hydrogen) atoms. The zero-order valence-corrected chi connectivity index (χ0v) is 12.8. The van der Waals surface area contributed by atoms with Crippen LogP contribution >= 0.6 is 11.6 Å². The molecule has 1 saturated heterocycles. The summed E-state index contributed by atoms with van der Waals surface area (Å²) < 4.78 is 11.6. The molecular weight excluding hydrogens is 284 g/mol. The lowest BCUT2D eigenvalue weighted by Crippen LogP contribution is -2.14. The van der Waals surface area contributed by atoms with E-state index in [0.717, 1.165) is 29.9 Å². The summed E-state index contributed by atoms with van der Waals surface area (Å²) in [7, 11) is 0. The van der Waals surface area contributed by atoms with Crippen LogP contribution in [-0.2, 0) is 4.74 Å². The van der Waals surface area contributed by atoms with Crippen molar-refractivity contribution in [3.63, 3.8) is 0 Å². The Hall–Kier alpha value is -1.51. The Morgan fingerprint density at radius 1 is 1.00 bits per heavy atom. The van der Waals surface area contributed by atoms with Gasteiger partial charge in [0.1, 0.15) is 11.5 Å². The van der Waals surface area contributed by atoms with Gasteiger partial charge in [0.25, 0.3) is 0 Å². The van der Waals surface area contributed by atoms with Crippen LogP contribution < -0.4 is 4.74 Å². The fraction of sp³-hybridized carbons (Fsp3) is 0.333. The first kappa shape index (κ1) is 14.4. The second kappa shape index (κ2) is 6.50. The number of alkyl halides is 1. The first-order valence-electron chi connectivity index (χ1n) is 7.35. The maximum Gasteiger partial charge on any atom is 0.127 e. The van der Waals surface area contributed by atoms with Crippen molar-refractivity contribution in [2.75, 3.05) is 0 Å². The highest BCUT2D eigenvalue weighted by molar-refractivity contribution is 6.21. The molecule has 0 spiro atoms. The van der Waals surface area contributed by atoms with Gasteiger partial charge in [-0.2, -0.15) is 0 Å². The number of halogens is 1. The smallest absolute Gasteiger partial charge is 0.127 e. The van der Waals surface area contributed by atoms with Gasteiger partial charge in [-0.15, -0.1) is 11.6 Å². The van der Waals surface area contributed by atoms with Crippen LogP contribution in [0.4, 0.5) is 0 Å². The minimum Gasteiger partial charge on any atom is -0.457 e. The molecule has 0 saturated carbocycles. The van der Waals surface area contributed by atoms with Crippen molar-refractivity contribution in [3.8, 4) is 11.5 Å². The molecule has 0 aliphatic carbocycles. The summed E-state index contributed by atoms with van der Waals surface area (Å²) in [5, 5.41) is -0.0966. The van der Waals surface area contributed by atoms with Crippen LogP contribution in [0.2, 0.25) is 0 Å². The molecule has 1 aliphatic heterocycles. The normalized spacial score (nSPS) is 23.0. The monoisotopic (exact) mass is 302 g/mol. The fourth-order valence-corrected chi connectivity index (χ4v) is 2.94. The first-order chi connectivity index (χ1) is 10.2. The topological polar surface area (TPSA) is 18.5 Å². The third-order valence-electron chi connectivity index (χ3n) is 3.77. The van der Waals surface area contributed by atoms with E-state index in [4.69, 9.17) is 21.1 Å². The lowest BCUT2D eigenvalue weighted by Gasteiger charge is -2.18. The van der Waals surface area contributed by atoms with Crippen molar-refractivity contribution in [2.24, 2.45) is 0 Å². The maximum atomic E-state index is 6.52. The number of para-hydroxylation sites is 1. The summed E-state index contributed by atoms with van der Waals surface area (Å²) in [4.78, 5) is 0. The van der Waals surface area contributed by atoms with E-state index in [1.54, 1.807) is 0 Å². The van der Waals surface area contributed by atoms with Gasteiger partial charge in [0.05, 0.1) is 17.6 Å². The van der Waals surface area contributed by atoms with E-state index in [2.05, 4.69) is 6.92 Å². The second-order valence-corrected chi connectivity index (χ2v) is 5.92. The molecule has 1 aliphatic rings. The average molecular weight is 303 g/mol. The third kappa shape index (κ3) is 3.58. The molecule has 1 fully saturated rings. The molecule has 0 aromatic heterocycles. The molecule has 3 unspecified atom stereocenters. The van der Waals surface area contributed by atoms with Gasteiger partial charge in [0.2, 0.25) is 0 Å². The van der Waals surface area contributed by atoms with Gasteiger partial charge in [-0.1, -0.05) is 30.3 Å². The summed E-state index contributed by atoms with van der Waals surface area (Å²) in [6, 6.07) is 17.7. The van der Waals surface area contributed by atoms with E-state index < -0.39 is 0 Å². The van der Waals surface area contributed by atoms with Gasteiger partial charge in [0.15, 0.2) is 0 Å². The largest absolute Gasteiger partial charge is 0.457 e. The summed E-state index contributed by atoms with van der Waals surface area (Å²) in [6.45, 7) is 2.10. The number of hydrogen-bond acceptors (Lipinski definition) is 2. The minimum atomic E-state index is -0.0966. The lowest BCUT2D eigenvalue weighted by molar-refractivity contribution is 0.0533. The molecular formula is C18H19ClO2. The Bertz CT molecular complexity index is 568. The highest BCUT2D eigenvalue weighted by Gasteiger charge is 2.29. The van der Waals surface area contributed by atoms with E-state index in [1.165, 1.54) is 0 Å². The van der Waals surface area contributed by atoms with Crippen molar-refractivity contribution in [1.29, 1.82) is 0 Å². The molecule has 0 bridgehead atoms. The van der Waals surface area contributed by atoms with E-state index >= 15 is 0 Å². The van der Waals surface area contributed by atoms with E-state index in [1.807, 2.05) is 54.6 Å². The van der Waals surface area contributed by atoms with E-state index in [-0.39, 0.29) is 11.5 Å². The van der Waals surface area contributed by atoms with Crippen LogP contribution in [0.1, 0.15) is 30.7 Å². The summed E-state index contributed by atoms with van der Waals surface area (Å²) in [5.41, 5.74) is 1.08. The molecule has 3 rings (SSSR count). The van der Waals surface area contributed by atoms with Crippen LogP contribution in [0, 0.1) is 0 Å². The van der Waals surface area contributed by atoms with Crippen LogP contribution in [0.15, 0.2) is 54.6 Å². The predicted molar refractivity (Wildman–Crippen MR) is 85.1 cm³/mol. The Morgan fingerprint density at radius 2 is 1.67 bits per heavy atom. The quantitative estimate of drug-likeness (QED) is 0.711. The number of rotatable bonds is 4.